The summed E-state index contributed by atoms with van der Waals surface area (Å²) >= 11 is 6.11. The molecule has 4 heterocycles. The second-order valence-electron chi connectivity index (χ2n) is 10.9. The number of halogens is 5. The minimum absolute atomic E-state index is 0.0146. The Hall–Kier alpha value is -3.45. The Bertz CT molecular complexity index is 1570. The number of anilines is 1. The van der Waals surface area contributed by atoms with Gasteiger partial charge in [0.2, 0.25) is 5.91 Å². The third-order valence-corrected chi connectivity index (χ3v) is 8.38. The molecule has 0 radical (unpaired) electrons. The lowest BCUT2D eigenvalue weighted by Gasteiger charge is -2.38. The lowest BCUT2D eigenvalue weighted by molar-refractivity contribution is -0.127. The fraction of sp³-hybridized carbons (Fsp3) is 0.379. The van der Waals surface area contributed by atoms with Gasteiger partial charge in [-0.05, 0) is 69.0 Å². The Labute approximate surface area is 243 Å². The minimum Gasteiger partial charge on any atom is -0.449 e. The maximum absolute atomic E-state index is 15.3. The van der Waals surface area contributed by atoms with Gasteiger partial charge in [-0.1, -0.05) is 0 Å². The molecule has 5 unspecified atom stereocenters. The van der Waals surface area contributed by atoms with E-state index in [1.807, 2.05) is 19.0 Å². The van der Waals surface area contributed by atoms with E-state index in [0.29, 0.717) is 18.7 Å². The number of hydrazone groups is 1. The van der Waals surface area contributed by atoms with Crippen molar-refractivity contribution in [1.82, 2.24) is 10.2 Å². The average Bonchev–Trinajstić information content (AvgIpc) is 3.69. The second-order valence-corrected chi connectivity index (χ2v) is 11.3. The van der Waals surface area contributed by atoms with E-state index in [0.717, 1.165) is 23.2 Å². The second kappa shape index (κ2) is 10.7. The highest BCUT2D eigenvalue weighted by Crippen LogP contribution is 2.47. The Balaban J connectivity index is 1.46. The van der Waals surface area contributed by atoms with Crippen LogP contribution in [0.25, 0.3) is 0 Å². The van der Waals surface area contributed by atoms with E-state index >= 15 is 8.78 Å². The van der Waals surface area contributed by atoms with E-state index in [1.165, 1.54) is 25.1 Å². The molecule has 0 aliphatic carbocycles. The standard InChI is InChI=1S/C29H27ClF4N4O4/c1-29(28(39)35-19-12-40-27-21(37(2)3)13-41-26(19)27)24(22-8-9-23(30)42-22)25(16-6-4-14(31)10-17(16)33)36-38(29)20-7-5-15(32)11-18(20)34/h4-11,19,21,24,26-27H,12-13H2,1-3H3,(H,35,39)/t19-,21?,24?,26?,27?,29?/m0/s1. The van der Waals surface area contributed by atoms with Crippen LogP contribution < -0.4 is 10.3 Å². The van der Waals surface area contributed by atoms with Crippen LogP contribution in [-0.2, 0) is 14.3 Å². The van der Waals surface area contributed by atoms with Crippen LogP contribution in [-0.4, -0.2) is 73.7 Å². The molecule has 222 valence electrons. The van der Waals surface area contributed by atoms with Crippen LogP contribution in [0, 0.1) is 23.3 Å². The predicted molar refractivity (Wildman–Crippen MR) is 145 cm³/mol. The topological polar surface area (TPSA) is 79.5 Å². The molecular formula is C29H27ClF4N4O4. The van der Waals surface area contributed by atoms with Crippen LogP contribution in [0.3, 0.4) is 0 Å². The Morgan fingerprint density at radius 1 is 1.00 bits per heavy atom. The molecule has 8 nitrogen and oxygen atoms in total. The minimum atomic E-state index is -1.83. The van der Waals surface area contributed by atoms with Gasteiger partial charge in [0.1, 0.15) is 35.4 Å². The molecule has 0 spiro atoms. The number of amides is 1. The van der Waals surface area contributed by atoms with Crippen molar-refractivity contribution in [3.05, 3.63) is 88.3 Å². The van der Waals surface area contributed by atoms with E-state index in [4.69, 9.17) is 25.5 Å². The van der Waals surface area contributed by atoms with Gasteiger partial charge in [-0.2, -0.15) is 5.10 Å². The molecule has 1 amide bonds. The van der Waals surface area contributed by atoms with E-state index < -0.39 is 52.8 Å². The van der Waals surface area contributed by atoms with E-state index in [1.54, 1.807) is 0 Å². The summed E-state index contributed by atoms with van der Waals surface area (Å²) in [6, 6.07) is 8.05. The van der Waals surface area contributed by atoms with Crippen molar-refractivity contribution >= 4 is 28.9 Å². The highest BCUT2D eigenvalue weighted by molar-refractivity contribution is 6.28. The summed E-state index contributed by atoms with van der Waals surface area (Å²) in [6.07, 6.45) is -0.735. The first-order chi connectivity index (χ1) is 20.0. The first kappa shape index (κ1) is 28.7. The summed E-state index contributed by atoms with van der Waals surface area (Å²) in [5, 5.41) is 8.55. The van der Waals surface area contributed by atoms with Gasteiger partial charge in [-0.15, -0.1) is 0 Å². The van der Waals surface area contributed by atoms with Gasteiger partial charge in [0.15, 0.2) is 16.6 Å². The van der Waals surface area contributed by atoms with E-state index in [-0.39, 0.29) is 46.7 Å². The number of rotatable bonds is 6. The molecule has 3 aliphatic rings. The van der Waals surface area contributed by atoms with Gasteiger partial charge in [0.05, 0.1) is 42.6 Å². The summed E-state index contributed by atoms with van der Waals surface area (Å²) in [5.41, 5.74) is -2.27. The zero-order chi connectivity index (χ0) is 29.9. The Kier molecular flexibility index (Phi) is 7.28. The molecule has 42 heavy (non-hydrogen) atoms. The summed E-state index contributed by atoms with van der Waals surface area (Å²) < 4.78 is 76.0. The third-order valence-electron chi connectivity index (χ3n) is 8.17. The molecular weight excluding hydrogens is 580 g/mol. The number of fused-ring (bicyclic) bond motifs is 1. The number of hydrogen-bond donors (Lipinski definition) is 1. The largest absolute Gasteiger partial charge is 0.449 e. The van der Waals surface area contributed by atoms with Gasteiger partial charge in [-0.3, -0.25) is 4.79 Å². The zero-order valence-corrected chi connectivity index (χ0v) is 23.5. The quantitative estimate of drug-likeness (QED) is 0.417. The van der Waals surface area contributed by atoms with E-state index in [2.05, 4.69) is 10.4 Å². The van der Waals surface area contributed by atoms with Crippen LogP contribution in [0.15, 0.2) is 58.0 Å². The Morgan fingerprint density at radius 3 is 2.33 bits per heavy atom. The maximum Gasteiger partial charge on any atom is 0.249 e. The molecule has 2 fully saturated rings. The van der Waals surface area contributed by atoms with Crippen LogP contribution in [0.4, 0.5) is 23.2 Å². The van der Waals surface area contributed by atoms with Gasteiger partial charge in [0, 0.05) is 17.7 Å². The van der Waals surface area contributed by atoms with Crippen molar-refractivity contribution in [3.8, 4) is 0 Å². The number of carbonyl (C=O) groups excluding carboxylic acids is 1. The molecule has 3 aliphatic heterocycles. The summed E-state index contributed by atoms with van der Waals surface area (Å²) in [5.74, 6) is -5.32. The summed E-state index contributed by atoms with van der Waals surface area (Å²) in [7, 11) is 3.82. The van der Waals surface area contributed by atoms with Crippen molar-refractivity contribution in [2.75, 3.05) is 32.3 Å². The van der Waals surface area contributed by atoms with Gasteiger partial charge < -0.3 is 24.1 Å². The van der Waals surface area contributed by atoms with Crippen molar-refractivity contribution in [2.45, 2.75) is 42.7 Å². The summed E-state index contributed by atoms with van der Waals surface area (Å²) in [6.45, 7) is 2.04. The number of ether oxygens (including phenoxy) is 2. The first-order valence-corrected chi connectivity index (χ1v) is 13.6. The number of carbonyl (C=O) groups is 1. The van der Waals surface area contributed by atoms with Crippen molar-refractivity contribution < 1.29 is 36.2 Å². The predicted octanol–water partition coefficient (Wildman–Crippen LogP) is 4.47. The van der Waals surface area contributed by atoms with Gasteiger partial charge in [-0.25, -0.2) is 22.6 Å². The molecule has 1 aromatic heterocycles. The molecule has 6 atom stereocenters. The van der Waals surface area contributed by atoms with Crippen molar-refractivity contribution in [1.29, 1.82) is 0 Å². The highest BCUT2D eigenvalue weighted by atomic mass is 35.5. The number of furan rings is 1. The highest BCUT2D eigenvalue weighted by Gasteiger charge is 2.58. The number of nitrogens with zero attached hydrogens (tertiary/aromatic N) is 3. The number of benzene rings is 2. The SMILES string of the molecule is CN(C)C1COC2C1OC[C@@H]2NC(=O)C1(C)C(c2ccc(Cl)o2)C(c2ccc(F)cc2F)=NN1c1ccc(F)cc1F. The average molecular weight is 607 g/mol. The molecule has 2 saturated heterocycles. The molecule has 0 bridgehead atoms. The fourth-order valence-corrected chi connectivity index (χ4v) is 6.16. The lowest BCUT2D eigenvalue weighted by atomic mass is 9.78. The zero-order valence-electron chi connectivity index (χ0n) is 22.8. The third kappa shape index (κ3) is 4.66. The van der Waals surface area contributed by atoms with Crippen LogP contribution in [0.1, 0.15) is 24.2 Å². The number of likely N-dealkylation sites (N-methyl/N-ethyl adjacent to an activating group) is 1. The Morgan fingerprint density at radius 2 is 1.69 bits per heavy atom. The number of nitrogens with one attached hydrogen (secondary N) is 1. The molecule has 3 aromatic rings. The van der Waals surface area contributed by atoms with Gasteiger partial charge in [0.25, 0.3) is 0 Å². The summed E-state index contributed by atoms with van der Waals surface area (Å²) in [4.78, 5) is 16.4. The molecule has 0 saturated carbocycles. The molecule has 1 N–H and O–H groups in total. The monoisotopic (exact) mass is 606 g/mol. The number of hydrogen-bond acceptors (Lipinski definition) is 7. The van der Waals surface area contributed by atoms with Crippen LogP contribution >= 0.6 is 11.6 Å². The normalized spacial score (nSPS) is 28.8. The van der Waals surface area contributed by atoms with Crippen molar-refractivity contribution in [3.63, 3.8) is 0 Å². The maximum atomic E-state index is 15.3. The molecule has 2 aromatic carbocycles. The smallest absolute Gasteiger partial charge is 0.249 e. The first-order valence-electron chi connectivity index (χ1n) is 13.2. The molecule has 13 heteroatoms. The van der Waals surface area contributed by atoms with Crippen molar-refractivity contribution in [2.24, 2.45) is 5.10 Å². The van der Waals surface area contributed by atoms with E-state index in [9.17, 15) is 13.6 Å². The fourth-order valence-electron chi connectivity index (χ4n) is 6.00. The lowest BCUT2D eigenvalue weighted by Crippen LogP contribution is -2.60. The van der Waals surface area contributed by atoms with Crippen LogP contribution in [0.2, 0.25) is 5.22 Å². The molecule has 6 rings (SSSR count). The van der Waals surface area contributed by atoms with Gasteiger partial charge >= 0.3 is 0 Å². The van der Waals surface area contributed by atoms with Crippen LogP contribution in [0.5, 0.6) is 0 Å².